The van der Waals surface area contributed by atoms with Gasteiger partial charge in [-0.15, -0.1) is 0 Å². The van der Waals surface area contributed by atoms with E-state index in [1.807, 2.05) is 6.92 Å². The zero-order chi connectivity index (χ0) is 30.1. The first-order chi connectivity index (χ1) is 18.9. The van der Waals surface area contributed by atoms with Crippen LogP contribution in [0.2, 0.25) is 0 Å². The second kappa shape index (κ2) is 8.64. The molecule has 0 aromatic rings. The number of carbonyl (C=O) groups is 3. The maximum absolute atomic E-state index is 17.4. The molecule has 41 heavy (non-hydrogen) atoms. The summed E-state index contributed by atoms with van der Waals surface area (Å²) in [6.07, 6.45) is 0.208. The minimum atomic E-state index is -2.34. The summed E-state index contributed by atoms with van der Waals surface area (Å²) in [6.45, 7) is 11.3. The van der Waals surface area contributed by atoms with E-state index in [1.54, 1.807) is 13.8 Å². The van der Waals surface area contributed by atoms with E-state index in [4.69, 9.17) is 9.47 Å². The number of hydrogen-bond donors (Lipinski definition) is 2. The summed E-state index contributed by atoms with van der Waals surface area (Å²) >= 11 is 0. The van der Waals surface area contributed by atoms with Crippen molar-refractivity contribution >= 4 is 17.9 Å². The topological polar surface area (TPSA) is 110 Å². The molecular formula is C32H42F2O7. The van der Waals surface area contributed by atoms with Crippen molar-refractivity contribution in [2.45, 2.75) is 103 Å². The lowest BCUT2D eigenvalue weighted by Gasteiger charge is -2.63. The summed E-state index contributed by atoms with van der Waals surface area (Å²) in [7, 11) is 0. The van der Waals surface area contributed by atoms with Crippen molar-refractivity contribution in [3.8, 4) is 0 Å². The number of alkyl halides is 2. The zero-order valence-corrected chi connectivity index (χ0v) is 24.7. The SMILES string of the molecule is C[C@@H]1[C@@H](OC(=O)O[C@]2(C(=O)O)[C@H](C)C[C@H]3[C@@H]4C[C@H](F)C5=CC(=O)C=C[C@]5(C)[C@@]4(F)[C@@H](O)C[C@@]32C)C[C@H]2C[C@@H]1C2(C)C. The number of aliphatic carboxylic acids is 1. The van der Waals surface area contributed by atoms with Gasteiger partial charge in [0.25, 0.3) is 0 Å². The monoisotopic (exact) mass is 576 g/mol. The summed E-state index contributed by atoms with van der Waals surface area (Å²) in [5, 5.41) is 22.2. The molecule has 0 heterocycles. The van der Waals surface area contributed by atoms with Crippen molar-refractivity contribution in [3.63, 3.8) is 0 Å². The molecule has 6 saturated carbocycles. The zero-order valence-electron chi connectivity index (χ0n) is 24.7. The van der Waals surface area contributed by atoms with E-state index >= 15 is 8.78 Å². The fraction of sp³-hybridized carbons (Fsp3) is 0.781. The van der Waals surface area contributed by atoms with Crippen molar-refractivity contribution in [2.24, 2.45) is 51.8 Å². The molecule has 2 bridgehead atoms. The van der Waals surface area contributed by atoms with Gasteiger partial charge in [-0.2, -0.15) is 0 Å². The van der Waals surface area contributed by atoms with Crippen LogP contribution in [0.5, 0.6) is 0 Å². The minimum absolute atomic E-state index is 0.00426. The number of hydrogen-bond acceptors (Lipinski definition) is 6. The third-order valence-corrected chi connectivity index (χ3v) is 13.3. The fourth-order valence-corrected chi connectivity index (χ4v) is 10.8. The standard InChI is InChI=1S/C32H42F2O7/c1-15-9-20-21-13-23(33)22-12-18(35)7-8-29(22,5)31(21,34)25(36)14-30(20,6)32(15,26(37)38)41-27(39)40-24-11-17-10-19(16(24)2)28(17,3)4/h7-8,12,15-17,19-21,23-25,36H,9-11,13-14H2,1-6H3,(H,37,38)/t15-,16+,17-,19+,20+,21+,23+,24+,25+,29+,30+,31+,32+/m1/s1. The largest absolute Gasteiger partial charge is 0.509 e. The number of aliphatic hydroxyl groups is 1. The fourth-order valence-electron chi connectivity index (χ4n) is 10.8. The third kappa shape index (κ3) is 3.36. The van der Waals surface area contributed by atoms with Gasteiger partial charge in [0.05, 0.1) is 6.10 Å². The lowest BCUT2D eigenvalue weighted by Crippen LogP contribution is -2.71. The molecule has 7 rings (SSSR count). The molecule has 0 amide bonds. The number of rotatable bonds is 3. The summed E-state index contributed by atoms with van der Waals surface area (Å²) in [4.78, 5) is 38.6. The summed E-state index contributed by atoms with van der Waals surface area (Å²) in [5.41, 5.74) is -7.24. The van der Waals surface area contributed by atoms with E-state index in [9.17, 15) is 24.6 Å². The number of aliphatic hydroxyl groups excluding tert-OH is 1. The smallest absolute Gasteiger partial charge is 0.478 e. The summed E-state index contributed by atoms with van der Waals surface area (Å²) in [5.74, 6) is -3.43. The number of carboxylic acid groups (broad SMARTS) is 1. The van der Waals surface area contributed by atoms with Crippen molar-refractivity contribution in [1.82, 2.24) is 0 Å². The quantitative estimate of drug-likeness (QED) is 0.421. The van der Waals surface area contributed by atoms with Crippen molar-refractivity contribution in [2.75, 3.05) is 0 Å². The number of ketones is 1. The van der Waals surface area contributed by atoms with Crippen LogP contribution in [0.1, 0.15) is 73.6 Å². The molecule has 0 spiro atoms. The third-order valence-electron chi connectivity index (χ3n) is 13.3. The van der Waals surface area contributed by atoms with Crippen LogP contribution < -0.4 is 0 Å². The predicted octanol–water partition coefficient (Wildman–Crippen LogP) is 5.60. The molecule has 226 valence electrons. The van der Waals surface area contributed by atoms with E-state index in [0.29, 0.717) is 18.3 Å². The number of ether oxygens (including phenoxy) is 2. The van der Waals surface area contributed by atoms with E-state index in [-0.39, 0.29) is 36.2 Å². The molecule has 0 unspecified atom stereocenters. The van der Waals surface area contributed by atoms with Crippen LogP contribution in [0.3, 0.4) is 0 Å². The Balaban J connectivity index is 1.32. The van der Waals surface area contributed by atoms with Gasteiger partial charge < -0.3 is 19.7 Å². The lowest BCUT2D eigenvalue weighted by molar-refractivity contribution is -0.234. The summed E-state index contributed by atoms with van der Waals surface area (Å²) in [6, 6.07) is 0. The van der Waals surface area contributed by atoms with Gasteiger partial charge in [-0.3, -0.25) is 4.79 Å². The summed E-state index contributed by atoms with van der Waals surface area (Å²) < 4.78 is 44.8. The minimum Gasteiger partial charge on any atom is -0.478 e. The Morgan fingerprint density at radius 1 is 1.02 bits per heavy atom. The molecule has 9 heteroatoms. The second-order valence-electron chi connectivity index (χ2n) is 15.0. The van der Waals surface area contributed by atoms with Gasteiger partial charge in [0.2, 0.25) is 5.60 Å². The lowest BCUT2D eigenvalue weighted by atomic mass is 9.44. The van der Waals surface area contributed by atoms with E-state index in [2.05, 4.69) is 13.8 Å². The van der Waals surface area contributed by atoms with Crippen molar-refractivity contribution in [3.05, 3.63) is 23.8 Å². The Morgan fingerprint density at radius 3 is 2.32 bits per heavy atom. The van der Waals surface area contributed by atoms with Gasteiger partial charge >= 0.3 is 12.1 Å². The molecule has 0 saturated heterocycles. The van der Waals surface area contributed by atoms with Gasteiger partial charge in [0.15, 0.2) is 11.5 Å². The first kappa shape index (κ1) is 28.8. The first-order valence-corrected chi connectivity index (χ1v) is 15.0. The first-order valence-electron chi connectivity index (χ1n) is 15.0. The van der Waals surface area contributed by atoms with E-state index in [0.717, 1.165) is 12.5 Å². The van der Waals surface area contributed by atoms with Gasteiger partial charge in [0.1, 0.15) is 12.3 Å². The highest BCUT2D eigenvalue weighted by molar-refractivity contribution is 6.01. The molecule has 0 aliphatic heterocycles. The Morgan fingerprint density at radius 2 is 1.71 bits per heavy atom. The average Bonchev–Trinajstić information content (AvgIpc) is 3.10. The predicted molar refractivity (Wildman–Crippen MR) is 144 cm³/mol. The number of allylic oxidation sites excluding steroid dienone is 4. The molecule has 0 radical (unpaired) electrons. The molecule has 7 aliphatic carbocycles. The van der Waals surface area contributed by atoms with Gasteiger partial charge in [-0.05, 0) is 85.8 Å². The van der Waals surface area contributed by atoms with E-state index < -0.39 is 76.1 Å². The normalized spacial score (nSPS) is 52.8. The number of halogens is 2. The second-order valence-corrected chi connectivity index (χ2v) is 15.0. The highest BCUT2D eigenvalue weighted by Crippen LogP contribution is 2.71. The molecule has 0 aromatic heterocycles. The van der Waals surface area contributed by atoms with Crippen LogP contribution in [-0.2, 0) is 19.1 Å². The van der Waals surface area contributed by atoms with Crippen LogP contribution in [0.4, 0.5) is 13.6 Å². The Bertz CT molecular complexity index is 1260. The van der Waals surface area contributed by atoms with Crippen LogP contribution in [0, 0.1) is 51.8 Å². The van der Waals surface area contributed by atoms with Gasteiger partial charge in [0, 0.05) is 22.7 Å². The van der Waals surface area contributed by atoms with E-state index in [1.165, 1.54) is 19.1 Å². The molecule has 6 fully saturated rings. The molecule has 7 aliphatic rings. The molecular weight excluding hydrogens is 534 g/mol. The van der Waals surface area contributed by atoms with Crippen molar-refractivity contribution < 1.29 is 42.9 Å². The van der Waals surface area contributed by atoms with Gasteiger partial charge in [-0.1, -0.05) is 40.7 Å². The van der Waals surface area contributed by atoms with Crippen molar-refractivity contribution in [1.29, 1.82) is 0 Å². The number of fused-ring (bicyclic) bond motifs is 7. The molecule has 2 N–H and O–H groups in total. The Kier molecular flexibility index (Phi) is 6.07. The van der Waals surface area contributed by atoms with Gasteiger partial charge in [-0.25, -0.2) is 18.4 Å². The highest BCUT2D eigenvalue weighted by atomic mass is 19.1. The highest BCUT2D eigenvalue weighted by Gasteiger charge is 2.78. The van der Waals surface area contributed by atoms with Crippen LogP contribution >= 0.6 is 0 Å². The van der Waals surface area contributed by atoms with Crippen LogP contribution in [0.25, 0.3) is 0 Å². The molecule has 13 atom stereocenters. The Labute approximate surface area is 239 Å². The Hall–Kier alpha value is -2.29. The van der Waals surface area contributed by atoms with Crippen LogP contribution in [0.15, 0.2) is 23.8 Å². The molecule has 7 nitrogen and oxygen atoms in total. The number of carbonyl (C=O) groups excluding carboxylic acids is 2. The average molecular weight is 577 g/mol. The van der Waals surface area contributed by atoms with Crippen LogP contribution in [-0.4, -0.2) is 57.8 Å². The maximum atomic E-state index is 17.4. The molecule has 0 aromatic carbocycles. The maximum Gasteiger partial charge on any atom is 0.509 e. The number of carboxylic acids is 1.